The zero-order chi connectivity index (χ0) is 13.8. The first-order valence-corrected chi connectivity index (χ1v) is 6.60. The molecule has 5 heteroatoms. The van der Waals surface area contributed by atoms with Crippen molar-refractivity contribution in [3.8, 4) is 0 Å². The standard InChI is InChI=1S/C14H21N3O2/c1-11-7-16(2)14(19)13(10-18)17(8-11)9-12-3-5-15-6-4-12/h3-6,11,13,18H,7-10H2,1-2H3. The van der Waals surface area contributed by atoms with Gasteiger partial charge < -0.3 is 10.0 Å². The lowest BCUT2D eigenvalue weighted by atomic mass is 10.1. The van der Waals surface area contributed by atoms with Crippen molar-refractivity contribution in [2.24, 2.45) is 5.92 Å². The zero-order valence-corrected chi connectivity index (χ0v) is 11.5. The monoisotopic (exact) mass is 263 g/mol. The smallest absolute Gasteiger partial charge is 0.242 e. The molecular weight excluding hydrogens is 242 g/mol. The van der Waals surface area contributed by atoms with E-state index >= 15 is 0 Å². The molecule has 0 aromatic carbocycles. The van der Waals surface area contributed by atoms with Crippen LogP contribution in [0, 0.1) is 5.92 Å². The number of amides is 1. The number of aliphatic hydroxyl groups is 1. The minimum Gasteiger partial charge on any atom is -0.394 e. The average Bonchev–Trinajstić information content (AvgIpc) is 2.48. The fourth-order valence-electron chi connectivity index (χ4n) is 2.64. The first kappa shape index (κ1) is 14.0. The molecule has 5 nitrogen and oxygen atoms in total. The fraction of sp³-hybridized carbons (Fsp3) is 0.571. The van der Waals surface area contributed by atoms with Crippen LogP contribution in [0.3, 0.4) is 0 Å². The van der Waals surface area contributed by atoms with Crippen LogP contribution in [0.5, 0.6) is 0 Å². The minimum atomic E-state index is -0.442. The van der Waals surface area contributed by atoms with Gasteiger partial charge >= 0.3 is 0 Å². The minimum absolute atomic E-state index is 0.000839. The maximum absolute atomic E-state index is 12.2. The Morgan fingerprint density at radius 1 is 1.37 bits per heavy atom. The number of carbonyl (C=O) groups is 1. The summed E-state index contributed by atoms with van der Waals surface area (Å²) in [5.41, 5.74) is 1.11. The number of rotatable bonds is 3. The predicted molar refractivity (Wildman–Crippen MR) is 72.3 cm³/mol. The summed E-state index contributed by atoms with van der Waals surface area (Å²) in [7, 11) is 1.80. The highest BCUT2D eigenvalue weighted by Crippen LogP contribution is 2.17. The van der Waals surface area contributed by atoms with E-state index < -0.39 is 6.04 Å². The number of nitrogens with zero attached hydrogens (tertiary/aromatic N) is 3. The van der Waals surface area contributed by atoms with Crippen LogP contribution in [-0.2, 0) is 11.3 Å². The van der Waals surface area contributed by atoms with Gasteiger partial charge in [-0.3, -0.25) is 14.7 Å². The number of aromatic nitrogens is 1. The molecule has 1 aromatic rings. The molecule has 1 aromatic heterocycles. The summed E-state index contributed by atoms with van der Waals surface area (Å²) >= 11 is 0. The van der Waals surface area contributed by atoms with Crippen LogP contribution in [0.2, 0.25) is 0 Å². The molecule has 0 saturated carbocycles. The predicted octanol–water partition coefficient (Wildman–Crippen LogP) is 0.353. The number of aliphatic hydroxyl groups excluding tert-OH is 1. The summed E-state index contributed by atoms with van der Waals surface area (Å²) < 4.78 is 0. The second kappa shape index (κ2) is 6.12. The molecule has 1 fully saturated rings. The van der Waals surface area contributed by atoms with Gasteiger partial charge in [0.15, 0.2) is 0 Å². The van der Waals surface area contributed by atoms with Crippen molar-refractivity contribution in [3.63, 3.8) is 0 Å². The second-order valence-electron chi connectivity index (χ2n) is 5.31. The number of hydrogen-bond acceptors (Lipinski definition) is 4. The maximum Gasteiger partial charge on any atom is 0.242 e. The Hall–Kier alpha value is -1.46. The highest BCUT2D eigenvalue weighted by Gasteiger charge is 2.32. The van der Waals surface area contributed by atoms with Crippen LogP contribution in [0.15, 0.2) is 24.5 Å². The van der Waals surface area contributed by atoms with Crippen molar-refractivity contribution in [1.82, 2.24) is 14.8 Å². The number of carbonyl (C=O) groups excluding carboxylic acids is 1. The summed E-state index contributed by atoms with van der Waals surface area (Å²) in [5, 5.41) is 9.54. The molecular formula is C14H21N3O2. The molecule has 0 aliphatic carbocycles. The van der Waals surface area contributed by atoms with Gasteiger partial charge in [0.2, 0.25) is 5.91 Å². The van der Waals surface area contributed by atoms with Crippen molar-refractivity contribution in [1.29, 1.82) is 0 Å². The summed E-state index contributed by atoms with van der Waals surface area (Å²) in [4.78, 5) is 20.0. The first-order chi connectivity index (χ1) is 9.11. The normalized spacial score (nSPS) is 25.4. The van der Waals surface area contributed by atoms with E-state index in [0.29, 0.717) is 12.5 Å². The molecule has 0 spiro atoms. The van der Waals surface area contributed by atoms with Crippen LogP contribution >= 0.6 is 0 Å². The van der Waals surface area contributed by atoms with Gasteiger partial charge in [-0.2, -0.15) is 0 Å². The van der Waals surface area contributed by atoms with Crippen molar-refractivity contribution >= 4 is 5.91 Å². The van der Waals surface area contributed by atoms with Gasteiger partial charge in [-0.15, -0.1) is 0 Å². The number of pyridine rings is 1. The van der Waals surface area contributed by atoms with E-state index in [1.165, 1.54) is 0 Å². The Morgan fingerprint density at radius 3 is 2.68 bits per heavy atom. The van der Waals surface area contributed by atoms with Gasteiger partial charge in [-0.05, 0) is 23.6 Å². The lowest BCUT2D eigenvalue weighted by molar-refractivity contribution is -0.135. The highest BCUT2D eigenvalue weighted by molar-refractivity contribution is 5.82. The van der Waals surface area contributed by atoms with E-state index in [2.05, 4.69) is 16.8 Å². The van der Waals surface area contributed by atoms with Crippen LogP contribution in [0.1, 0.15) is 12.5 Å². The maximum atomic E-state index is 12.2. The molecule has 2 unspecified atom stereocenters. The fourth-order valence-corrected chi connectivity index (χ4v) is 2.64. The molecule has 104 valence electrons. The van der Waals surface area contributed by atoms with E-state index in [4.69, 9.17) is 0 Å². The van der Waals surface area contributed by atoms with Gasteiger partial charge in [-0.1, -0.05) is 6.92 Å². The van der Waals surface area contributed by atoms with Crippen molar-refractivity contribution < 1.29 is 9.90 Å². The van der Waals surface area contributed by atoms with Crippen LogP contribution in [0.4, 0.5) is 0 Å². The molecule has 19 heavy (non-hydrogen) atoms. The van der Waals surface area contributed by atoms with Crippen molar-refractivity contribution in [3.05, 3.63) is 30.1 Å². The first-order valence-electron chi connectivity index (χ1n) is 6.60. The van der Waals surface area contributed by atoms with Gasteiger partial charge in [-0.25, -0.2) is 0 Å². The molecule has 1 saturated heterocycles. The Morgan fingerprint density at radius 2 is 2.05 bits per heavy atom. The number of likely N-dealkylation sites (N-methyl/N-ethyl adjacent to an activating group) is 1. The van der Waals surface area contributed by atoms with Crippen LogP contribution in [-0.4, -0.2) is 58.6 Å². The van der Waals surface area contributed by atoms with Gasteiger partial charge in [0.1, 0.15) is 6.04 Å². The summed E-state index contributed by atoms with van der Waals surface area (Å²) in [6.07, 6.45) is 3.50. The molecule has 0 radical (unpaired) electrons. The quantitative estimate of drug-likeness (QED) is 0.855. The van der Waals surface area contributed by atoms with Gasteiger partial charge in [0.25, 0.3) is 0 Å². The molecule has 0 bridgehead atoms. The zero-order valence-electron chi connectivity index (χ0n) is 11.5. The molecule has 1 amide bonds. The van der Waals surface area contributed by atoms with E-state index in [1.54, 1.807) is 24.3 Å². The molecule has 1 aliphatic rings. The summed E-state index contributed by atoms with van der Waals surface area (Å²) in [6, 6.07) is 3.44. The molecule has 1 N–H and O–H groups in total. The van der Waals surface area contributed by atoms with Crippen molar-refractivity contribution in [2.45, 2.75) is 19.5 Å². The van der Waals surface area contributed by atoms with Crippen molar-refractivity contribution in [2.75, 3.05) is 26.7 Å². The Kier molecular flexibility index (Phi) is 4.50. The van der Waals surface area contributed by atoms with Crippen LogP contribution < -0.4 is 0 Å². The molecule has 2 atom stereocenters. The van der Waals surface area contributed by atoms with Gasteiger partial charge in [0, 0.05) is 39.1 Å². The number of hydrogen-bond donors (Lipinski definition) is 1. The van der Waals surface area contributed by atoms with E-state index in [1.807, 2.05) is 12.1 Å². The topological polar surface area (TPSA) is 56.7 Å². The Labute approximate surface area is 113 Å². The molecule has 1 aliphatic heterocycles. The van der Waals surface area contributed by atoms with E-state index in [0.717, 1.165) is 18.7 Å². The Balaban J connectivity index is 2.18. The lowest BCUT2D eigenvalue weighted by Crippen LogP contribution is -2.46. The van der Waals surface area contributed by atoms with Gasteiger partial charge in [0.05, 0.1) is 6.61 Å². The molecule has 2 heterocycles. The largest absolute Gasteiger partial charge is 0.394 e. The third-order valence-corrected chi connectivity index (χ3v) is 3.54. The average molecular weight is 263 g/mol. The van der Waals surface area contributed by atoms with E-state index in [-0.39, 0.29) is 12.5 Å². The lowest BCUT2D eigenvalue weighted by Gasteiger charge is -2.28. The van der Waals surface area contributed by atoms with E-state index in [9.17, 15) is 9.90 Å². The highest BCUT2D eigenvalue weighted by atomic mass is 16.3. The second-order valence-corrected chi connectivity index (χ2v) is 5.31. The molecule has 2 rings (SSSR count). The SMILES string of the molecule is CC1CN(C)C(=O)C(CO)N(Cc2ccncc2)C1. The summed E-state index contributed by atoms with van der Waals surface area (Å²) in [5.74, 6) is 0.397. The third kappa shape index (κ3) is 3.30. The third-order valence-electron chi connectivity index (χ3n) is 3.54. The Bertz CT molecular complexity index is 424. The van der Waals surface area contributed by atoms with Crippen LogP contribution in [0.25, 0.3) is 0 Å². The summed E-state index contributed by atoms with van der Waals surface area (Å²) in [6.45, 7) is 4.20.